The van der Waals surface area contributed by atoms with Crippen LogP contribution in [0.2, 0.25) is 0 Å². The highest BCUT2D eigenvalue weighted by molar-refractivity contribution is 5.76. The van der Waals surface area contributed by atoms with Gasteiger partial charge in [-0.25, -0.2) is 0 Å². The minimum atomic E-state index is -0.785. The van der Waals surface area contributed by atoms with Gasteiger partial charge in [0.05, 0.1) is 0 Å². The molecule has 1 heterocycles. The summed E-state index contributed by atoms with van der Waals surface area (Å²) in [6.45, 7) is 5.09. The molecule has 0 aromatic heterocycles. The van der Waals surface area contributed by atoms with Crippen molar-refractivity contribution < 1.29 is 9.90 Å². The molecule has 0 radical (unpaired) electrons. The Labute approximate surface area is 102 Å². The van der Waals surface area contributed by atoms with E-state index in [1.165, 1.54) is 11.1 Å². The highest BCUT2D eigenvalue weighted by atomic mass is 16.4. The van der Waals surface area contributed by atoms with Gasteiger partial charge < -0.3 is 10.4 Å². The molecule has 0 bridgehead atoms. The second-order valence-electron chi connectivity index (χ2n) is 5.11. The molecule has 0 saturated heterocycles. The molecular formula is C14H19NO2. The van der Waals surface area contributed by atoms with E-state index in [9.17, 15) is 9.90 Å². The SMILES string of the molecule is CC(C)Cc1ccc2c(c1)C(C(=O)O)NCC2. The Bertz CT molecular complexity index is 426. The number of carboxylic acid groups (broad SMARTS) is 1. The van der Waals surface area contributed by atoms with Crippen LogP contribution in [0.15, 0.2) is 18.2 Å². The maximum absolute atomic E-state index is 11.2. The summed E-state index contributed by atoms with van der Waals surface area (Å²) in [5, 5.41) is 12.3. The van der Waals surface area contributed by atoms with Gasteiger partial charge in [0, 0.05) is 6.54 Å². The second kappa shape index (κ2) is 4.88. The molecule has 0 amide bonds. The van der Waals surface area contributed by atoms with Gasteiger partial charge in [-0.15, -0.1) is 0 Å². The smallest absolute Gasteiger partial charge is 0.325 e. The zero-order valence-corrected chi connectivity index (χ0v) is 10.4. The first kappa shape index (κ1) is 12.1. The number of benzene rings is 1. The van der Waals surface area contributed by atoms with E-state index in [2.05, 4.69) is 37.4 Å². The van der Waals surface area contributed by atoms with Crippen molar-refractivity contribution in [2.45, 2.75) is 32.7 Å². The summed E-state index contributed by atoms with van der Waals surface area (Å²) < 4.78 is 0. The fourth-order valence-electron chi connectivity index (χ4n) is 2.42. The van der Waals surface area contributed by atoms with Crippen LogP contribution >= 0.6 is 0 Å². The van der Waals surface area contributed by atoms with Crippen molar-refractivity contribution in [3.8, 4) is 0 Å². The first-order chi connectivity index (χ1) is 8.08. The molecule has 3 nitrogen and oxygen atoms in total. The lowest BCUT2D eigenvalue weighted by Crippen LogP contribution is -2.35. The number of aliphatic carboxylic acids is 1. The minimum absolute atomic E-state index is 0.536. The fourth-order valence-corrected chi connectivity index (χ4v) is 2.42. The van der Waals surface area contributed by atoms with Crippen LogP contribution in [0.1, 0.15) is 36.6 Å². The molecular weight excluding hydrogens is 214 g/mol. The standard InChI is InChI=1S/C14H19NO2/c1-9(2)7-10-3-4-11-5-6-15-13(14(16)17)12(11)8-10/h3-4,8-9,13,15H,5-7H2,1-2H3,(H,16,17). The Morgan fingerprint density at radius 2 is 2.29 bits per heavy atom. The fraction of sp³-hybridized carbons (Fsp3) is 0.500. The van der Waals surface area contributed by atoms with Crippen LogP contribution in [0.3, 0.4) is 0 Å². The zero-order chi connectivity index (χ0) is 12.4. The van der Waals surface area contributed by atoms with Crippen molar-refractivity contribution in [2.24, 2.45) is 5.92 Å². The maximum atomic E-state index is 11.2. The molecule has 1 aliphatic rings. The molecule has 1 aliphatic heterocycles. The molecule has 1 aromatic rings. The number of hydrogen-bond acceptors (Lipinski definition) is 2. The Kier molecular flexibility index (Phi) is 3.48. The lowest BCUT2D eigenvalue weighted by atomic mass is 9.90. The van der Waals surface area contributed by atoms with Crippen LogP contribution in [-0.4, -0.2) is 17.6 Å². The summed E-state index contributed by atoms with van der Waals surface area (Å²) in [5.74, 6) is -0.194. The van der Waals surface area contributed by atoms with Gasteiger partial charge in [0.2, 0.25) is 0 Å². The highest BCUT2D eigenvalue weighted by Gasteiger charge is 2.25. The van der Waals surface area contributed by atoms with Crippen molar-refractivity contribution >= 4 is 5.97 Å². The van der Waals surface area contributed by atoms with E-state index in [1.54, 1.807) is 0 Å². The van der Waals surface area contributed by atoms with Crippen LogP contribution in [-0.2, 0) is 17.6 Å². The van der Waals surface area contributed by atoms with E-state index in [0.717, 1.165) is 24.9 Å². The van der Waals surface area contributed by atoms with Gasteiger partial charge in [-0.3, -0.25) is 4.79 Å². The summed E-state index contributed by atoms with van der Waals surface area (Å²) in [6.07, 6.45) is 1.92. The van der Waals surface area contributed by atoms with E-state index in [1.807, 2.05) is 0 Å². The largest absolute Gasteiger partial charge is 0.480 e. The van der Waals surface area contributed by atoms with E-state index >= 15 is 0 Å². The summed E-state index contributed by atoms with van der Waals surface area (Å²) in [7, 11) is 0. The van der Waals surface area contributed by atoms with Gasteiger partial charge in [0.15, 0.2) is 0 Å². The summed E-state index contributed by atoms with van der Waals surface area (Å²) in [6, 6.07) is 5.73. The van der Waals surface area contributed by atoms with Crippen LogP contribution in [0, 0.1) is 5.92 Å². The van der Waals surface area contributed by atoms with E-state index in [-0.39, 0.29) is 0 Å². The Hall–Kier alpha value is -1.35. The first-order valence-corrected chi connectivity index (χ1v) is 6.16. The molecule has 2 N–H and O–H groups in total. The number of rotatable bonds is 3. The highest BCUT2D eigenvalue weighted by Crippen LogP contribution is 2.25. The zero-order valence-electron chi connectivity index (χ0n) is 10.4. The summed E-state index contributed by atoms with van der Waals surface area (Å²) >= 11 is 0. The topological polar surface area (TPSA) is 49.3 Å². The third-order valence-electron chi connectivity index (χ3n) is 3.15. The van der Waals surface area contributed by atoms with Crippen molar-refractivity contribution in [3.63, 3.8) is 0 Å². The average molecular weight is 233 g/mol. The van der Waals surface area contributed by atoms with Crippen LogP contribution in [0.4, 0.5) is 0 Å². The summed E-state index contributed by atoms with van der Waals surface area (Å²) in [4.78, 5) is 11.2. The third-order valence-corrected chi connectivity index (χ3v) is 3.15. The van der Waals surface area contributed by atoms with Gasteiger partial charge in [-0.2, -0.15) is 0 Å². The molecule has 1 aromatic carbocycles. The van der Waals surface area contributed by atoms with Gasteiger partial charge in [-0.05, 0) is 35.4 Å². The quantitative estimate of drug-likeness (QED) is 0.841. The second-order valence-corrected chi connectivity index (χ2v) is 5.11. The Morgan fingerprint density at radius 3 is 2.94 bits per heavy atom. The molecule has 1 unspecified atom stereocenters. The molecule has 2 rings (SSSR count). The number of nitrogens with one attached hydrogen (secondary N) is 1. The van der Waals surface area contributed by atoms with Gasteiger partial charge in [0.1, 0.15) is 6.04 Å². The maximum Gasteiger partial charge on any atom is 0.325 e. The van der Waals surface area contributed by atoms with Gasteiger partial charge >= 0.3 is 5.97 Å². The van der Waals surface area contributed by atoms with E-state index in [4.69, 9.17) is 0 Å². The van der Waals surface area contributed by atoms with Crippen LogP contribution < -0.4 is 5.32 Å². The molecule has 1 atom stereocenters. The van der Waals surface area contributed by atoms with Crippen LogP contribution in [0.5, 0.6) is 0 Å². The predicted molar refractivity (Wildman–Crippen MR) is 67.1 cm³/mol. The predicted octanol–water partition coefficient (Wildman–Crippen LogP) is 2.16. The molecule has 0 fully saturated rings. The number of hydrogen-bond donors (Lipinski definition) is 2. The number of carbonyl (C=O) groups is 1. The van der Waals surface area contributed by atoms with Crippen molar-refractivity contribution in [3.05, 3.63) is 34.9 Å². The molecule has 3 heteroatoms. The Balaban J connectivity index is 2.33. The first-order valence-electron chi connectivity index (χ1n) is 6.16. The molecule has 0 aliphatic carbocycles. The van der Waals surface area contributed by atoms with E-state index < -0.39 is 12.0 Å². The molecule has 0 spiro atoms. The average Bonchev–Trinajstić information content (AvgIpc) is 2.27. The van der Waals surface area contributed by atoms with Gasteiger partial charge in [0.25, 0.3) is 0 Å². The van der Waals surface area contributed by atoms with Crippen molar-refractivity contribution in [2.75, 3.05) is 6.54 Å². The Morgan fingerprint density at radius 1 is 1.53 bits per heavy atom. The monoisotopic (exact) mass is 233 g/mol. The number of carboxylic acids is 1. The lowest BCUT2D eigenvalue weighted by molar-refractivity contribution is -0.139. The van der Waals surface area contributed by atoms with Crippen molar-refractivity contribution in [1.29, 1.82) is 0 Å². The third kappa shape index (κ3) is 2.67. The molecule has 0 saturated carbocycles. The number of fused-ring (bicyclic) bond motifs is 1. The lowest BCUT2D eigenvalue weighted by Gasteiger charge is -2.24. The van der Waals surface area contributed by atoms with Crippen molar-refractivity contribution in [1.82, 2.24) is 5.32 Å². The normalized spacial score (nSPS) is 19.1. The van der Waals surface area contributed by atoms with E-state index in [0.29, 0.717) is 5.92 Å². The van der Waals surface area contributed by atoms with Crippen LogP contribution in [0.25, 0.3) is 0 Å². The molecule has 92 valence electrons. The molecule has 17 heavy (non-hydrogen) atoms. The van der Waals surface area contributed by atoms with Gasteiger partial charge in [-0.1, -0.05) is 32.0 Å². The minimum Gasteiger partial charge on any atom is -0.480 e. The summed E-state index contributed by atoms with van der Waals surface area (Å²) in [5.41, 5.74) is 3.35.